The number of rotatable bonds is 8. The molecule has 0 spiro atoms. The normalized spacial score (nSPS) is 30.6. The zero-order chi connectivity index (χ0) is 35.2. The van der Waals surface area contributed by atoms with Crippen LogP contribution in [0.15, 0.2) is 39.5 Å². The van der Waals surface area contributed by atoms with Crippen LogP contribution in [0.5, 0.6) is 17.2 Å². The van der Waals surface area contributed by atoms with Crippen molar-refractivity contribution in [3.05, 3.63) is 51.7 Å². The number of aliphatic hydroxyl groups excluding tert-OH is 7. The summed E-state index contributed by atoms with van der Waals surface area (Å²) in [6.07, 6.45) is -20.5. The molecule has 1 aromatic heterocycles. The quantitative estimate of drug-likeness (QED) is 0.0875. The molecule has 260 valence electrons. The fourth-order valence-electron chi connectivity index (χ4n) is 5.84. The number of phenolic OH excluding ortho intramolecular Hbond substituents is 3. The first kappa shape index (κ1) is 35.0. The van der Waals surface area contributed by atoms with Crippen molar-refractivity contribution < 1.29 is 84.4 Å². The maximum Gasteiger partial charge on any atom is 0.317 e. The van der Waals surface area contributed by atoms with Gasteiger partial charge in [0.2, 0.25) is 0 Å². The fourth-order valence-corrected chi connectivity index (χ4v) is 5.84. The first-order chi connectivity index (χ1) is 22.7. The molecular weight excluding hydrogens is 648 g/mol. The molecule has 0 radical (unpaired) electrons. The fraction of sp³-hybridized carbons (Fsp3) is 0.433. The van der Waals surface area contributed by atoms with Crippen molar-refractivity contribution in [1.82, 2.24) is 0 Å². The van der Waals surface area contributed by atoms with Gasteiger partial charge < -0.3 is 74.8 Å². The number of ether oxygens (including phenoxy) is 3. The van der Waals surface area contributed by atoms with Gasteiger partial charge in [0.15, 0.2) is 17.1 Å². The van der Waals surface area contributed by atoms with E-state index in [1.54, 1.807) is 0 Å². The van der Waals surface area contributed by atoms with E-state index in [1.165, 1.54) is 24.3 Å². The van der Waals surface area contributed by atoms with Gasteiger partial charge in [-0.2, -0.15) is 0 Å². The van der Waals surface area contributed by atoms with Crippen LogP contribution in [0.2, 0.25) is 0 Å². The Balaban J connectivity index is 1.72. The van der Waals surface area contributed by atoms with Crippen LogP contribution < -0.4 is 5.43 Å². The van der Waals surface area contributed by atoms with Gasteiger partial charge in [-0.1, -0.05) is 0 Å². The number of carboxylic acids is 1. The zero-order valence-electron chi connectivity index (χ0n) is 24.6. The van der Waals surface area contributed by atoms with E-state index in [0.29, 0.717) is 0 Å². The average Bonchev–Trinajstić information content (AvgIpc) is 3.03. The molecule has 0 unspecified atom stereocenters. The molecule has 2 saturated heterocycles. The SMILES string of the molecule is O=C(O)CC(=O)O[C@H]1[C@H](O)[C@@H](O)[C@H](c2c(O)c([C@@H]3O[C@H](CO)[C@@H](O)[C@H](O)[C@H]3O)c3oc(-c4ccc(O)cc4)cc(=O)c3c2O)O[C@@H]1CO. The molecule has 0 saturated carbocycles. The summed E-state index contributed by atoms with van der Waals surface area (Å²) in [5.41, 5.74) is -2.85. The van der Waals surface area contributed by atoms with E-state index in [0.717, 1.165) is 6.07 Å². The average molecular weight is 681 g/mol. The first-order valence-corrected chi connectivity index (χ1v) is 14.4. The lowest BCUT2D eigenvalue weighted by molar-refractivity contribution is -0.242. The van der Waals surface area contributed by atoms with Crippen molar-refractivity contribution in [2.45, 2.75) is 67.5 Å². The second kappa shape index (κ2) is 13.6. The van der Waals surface area contributed by atoms with Crippen LogP contribution in [0.4, 0.5) is 0 Å². The maximum absolute atomic E-state index is 13.6. The number of hydrogen-bond donors (Lipinski definition) is 11. The number of aliphatic carboxylic acids is 1. The molecule has 2 aromatic carbocycles. The van der Waals surface area contributed by atoms with Gasteiger partial charge in [0.25, 0.3) is 0 Å². The number of benzene rings is 2. The van der Waals surface area contributed by atoms with E-state index in [-0.39, 0.29) is 17.1 Å². The molecule has 5 rings (SSSR count). The van der Waals surface area contributed by atoms with Gasteiger partial charge in [-0.25, -0.2) is 0 Å². The minimum absolute atomic E-state index is 0.128. The predicted octanol–water partition coefficient (Wildman–Crippen LogP) is -2.37. The number of carbonyl (C=O) groups is 2. The largest absolute Gasteiger partial charge is 0.508 e. The van der Waals surface area contributed by atoms with Crippen molar-refractivity contribution in [2.24, 2.45) is 0 Å². The molecule has 2 aliphatic heterocycles. The lowest BCUT2D eigenvalue weighted by Gasteiger charge is -2.43. The van der Waals surface area contributed by atoms with Gasteiger partial charge in [-0.15, -0.1) is 0 Å². The van der Waals surface area contributed by atoms with E-state index in [9.17, 15) is 65.4 Å². The highest BCUT2D eigenvalue weighted by atomic mass is 16.6. The second-order valence-electron chi connectivity index (χ2n) is 11.3. The van der Waals surface area contributed by atoms with Crippen LogP contribution in [0.25, 0.3) is 22.3 Å². The third kappa shape index (κ3) is 6.16. The van der Waals surface area contributed by atoms with Crippen LogP contribution in [0.1, 0.15) is 29.8 Å². The lowest BCUT2D eigenvalue weighted by Crippen LogP contribution is -2.57. The van der Waals surface area contributed by atoms with E-state index in [1.807, 2.05) is 0 Å². The number of carbonyl (C=O) groups excluding carboxylic acids is 1. The summed E-state index contributed by atoms with van der Waals surface area (Å²) in [7, 11) is 0. The van der Waals surface area contributed by atoms with Crippen molar-refractivity contribution in [3.8, 4) is 28.6 Å². The van der Waals surface area contributed by atoms with Crippen molar-refractivity contribution in [3.63, 3.8) is 0 Å². The lowest BCUT2D eigenvalue weighted by atomic mass is 9.85. The van der Waals surface area contributed by atoms with Gasteiger partial charge >= 0.3 is 11.9 Å². The minimum atomic E-state index is -2.21. The van der Waals surface area contributed by atoms with Crippen LogP contribution in [-0.2, 0) is 23.8 Å². The molecule has 2 aliphatic rings. The number of phenols is 3. The van der Waals surface area contributed by atoms with Crippen LogP contribution in [0.3, 0.4) is 0 Å². The summed E-state index contributed by atoms with van der Waals surface area (Å²) in [6, 6.07) is 6.19. The van der Waals surface area contributed by atoms with E-state index < -0.39 is 132 Å². The van der Waals surface area contributed by atoms with Gasteiger partial charge in [-0.3, -0.25) is 14.4 Å². The van der Waals surface area contributed by atoms with Crippen molar-refractivity contribution in [2.75, 3.05) is 13.2 Å². The molecular formula is C30H32O18. The molecule has 0 aliphatic carbocycles. The standard InChI is InChI=1S/C30H32O18/c31-7-13-20(38)23(41)24(42)30(46-13)19-22(40)18(29-26(44)25(43)27(14(8-32)47-29)48-16(37)6-15(35)36)21(39)17-11(34)5-12(45-28(17)19)9-1-3-10(33)4-2-9/h1-5,13-14,20,23-27,29-33,38-44H,6-8H2,(H,35,36)/t13-,14-,20-,23+,24-,25-,26-,27-,29+,30+/m1/s1. The smallest absolute Gasteiger partial charge is 0.317 e. The Morgan fingerprint density at radius 1 is 0.750 bits per heavy atom. The van der Waals surface area contributed by atoms with Crippen molar-refractivity contribution in [1.29, 1.82) is 0 Å². The Bertz CT molecular complexity index is 1730. The molecule has 3 aromatic rings. The summed E-state index contributed by atoms with van der Waals surface area (Å²) in [5, 5.41) is 115. The summed E-state index contributed by atoms with van der Waals surface area (Å²) >= 11 is 0. The Labute approximate surface area is 268 Å². The number of esters is 1. The van der Waals surface area contributed by atoms with Crippen LogP contribution in [-0.4, -0.2) is 130 Å². The van der Waals surface area contributed by atoms with Crippen molar-refractivity contribution >= 4 is 22.9 Å². The van der Waals surface area contributed by atoms with Crippen LogP contribution >= 0.6 is 0 Å². The predicted molar refractivity (Wildman–Crippen MR) is 154 cm³/mol. The highest BCUT2D eigenvalue weighted by Gasteiger charge is 2.51. The second-order valence-corrected chi connectivity index (χ2v) is 11.3. The number of carboxylic acid groups (broad SMARTS) is 1. The van der Waals surface area contributed by atoms with Gasteiger partial charge in [0, 0.05) is 11.6 Å². The molecule has 10 atom stereocenters. The van der Waals surface area contributed by atoms with Gasteiger partial charge in [0.1, 0.15) is 89.8 Å². The molecule has 18 nitrogen and oxygen atoms in total. The maximum atomic E-state index is 13.6. The van der Waals surface area contributed by atoms with Gasteiger partial charge in [-0.05, 0) is 24.3 Å². The highest BCUT2D eigenvalue weighted by Crippen LogP contribution is 2.51. The third-order valence-corrected chi connectivity index (χ3v) is 8.24. The molecule has 48 heavy (non-hydrogen) atoms. The Hall–Kier alpha value is -4.37. The minimum Gasteiger partial charge on any atom is -0.508 e. The van der Waals surface area contributed by atoms with E-state index in [2.05, 4.69) is 0 Å². The number of aliphatic hydroxyl groups is 7. The summed E-state index contributed by atoms with van der Waals surface area (Å²) in [6.45, 7) is -1.91. The summed E-state index contributed by atoms with van der Waals surface area (Å²) in [5.74, 6) is -5.41. The number of fused-ring (bicyclic) bond motifs is 1. The Kier molecular flexibility index (Phi) is 9.92. The highest BCUT2D eigenvalue weighted by molar-refractivity contribution is 5.92. The Morgan fingerprint density at radius 3 is 1.94 bits per heavy atom. The number of hydrogen-bond acceptors (Lipinski definition) is 17. The van der Waals surface area contributed by atoms with Gasteiger partial charge in [0.05, 0.1) is 24.3 Å². The summed E-state index contributed by atoms with van der Waals surface area (Å²) in [4.78, 5) is 36.5. The van der Waals surface area contributed by atoms with Crippen LogP contribution in [0, 0.1) is 0 Å². The first-order valence-electron chi connectivity index (χ1n) is 14.4. The zero-order valence-corrected chi connectivity index (χ0v) is 24.6. The topological polar surface area (TPSA) is 315 Å². The number of aromatic hydroxyl groups is 3. The Morgan fingerprint density at radius 2 is 1.33 bits per heavy atom. The van der Waals surface area contributed by atoms with E-state index >= 15 is 0 Å². The van der Waals surface area contributed by atoms with E-state index in [4.69, 9.17) is 23.7 Å². The molecule has 11 N–H and O–H groups in total. The monoisotopic (exact) mass is 680 g/mol. The third-order valence-electron chi connectivity index (χ3n) is 8.24. The molecule has 2 fully saturated rings. The molecule has 0 bridgehead atoms. The summed E-state index contributed by atoms with van der Waals surface area (Å²) < 4.78 is 22.1. The molecule has 18 heteroatoms. The molecule has 3 heterocycles. The molecule has 0 amide bonds.